The molecule has 6 nitrogen and oxygen atoms in total. The summed E-state index contributed by atoms with van der Waals surface area (Å²) in [4.78, 5) is 16.5. The van der Waals surface area contributed by atoms with Crippen molar-refractivity contribution in [2.45, 2.75) is 25.7 Å². The van der Waals surface area contributed by atoms with Crippen LogP contribution in [0.4, 0.5) is 0 Å². The second kappa shape index (κ2) is 11.4. The topological polar surface area (TPSA) is 71.4 Å². The van der Waals surface area contributed by atoms with E-state index in [0.717, 1.165) is 60.7 Å². The SMILES string of the molecule is COc1cc(/C=C/CN2CCC(c3nc(-c4ccncc4)ncc3-c3cccc(C)c3)CC2)ccc1O. The molecule has 1 N–H and O–H groups in total. The molecule has 2 aromatic heterocycles. The van der Waals surface area contributed by atoms with Crippen molar-refractivity contribution >= 4 is 6.08 Å². The first kappa shape index (κ1) is 24.7. The van der Waals surface area contributed by atoms with Gasteiger partial charge in [0.1, 0.15) is 0 Å². The maximum atomic E-state index is 9.80. The van der Waals surface area contributed by atoms with E-state index in [4.69, 9.17) is 14.7 Å². The monoisotopic (exact) mass is 492 g/mol. The van der Waals surface area contributed by atoms with Gasteiger partial charge in [-0.05, 0) is 68.2 Å². The Balaban J connectivity index is 1.32. The van der Waals surface area contributed by atoms with Crippen LogP contribution in [0.2, 0.25) is 0 Å². The minimum atomic E-state index is 0.156. The van der Waals surface area contributed by atoms with Gasteiger partial charge in [-0.1, -0.05) is 48.0 Å². The smallest absolute Gasteiger partial charge is 0.161 e. The van der Waals surface area contributed by atoms with Crippen molar-refractivity contribution in [3.05, 3.63) is 96.1 Å². The van der Waals surface area contributed by atoms with Gasteiger partial charge >= 0.3 is 0 Å². The van der Waals surface area contributed by atoms with E-state index in [-0.39, 0.29) is 5.75 Å². The first-order valence-corrected chi connectivity index (χ1v) is 12.7. The van der Waals surface area contributed by atoms with E-state index < -0.39 is 0 Å². The summed E-state index contributed by atoms with van der Waals surface area (Å²) in [6.45, 7) is 5.02. The molecular weight excluding hydrogens is 460 g/mol. The zero-order valence-corrected chi connectivity index (χ0v) is 21.3. The average molecular weight is 493 g/mol. The fraction of sp³-hybridized carbons (Fsp3) is 0.258. The Kier molecular flexibility index (Phi) is 7.57. The van der Waals surface area contributed by atoms with Gasteiger partial charge in [-0.15, -0.1) is 0 Å². The van der Waals surface area contributed by atoms with Crippen molar-refractivity contribution in [2.24, 2.45) is 0 Å². The van der Waals surface area contributed by atoms with Crippen molar-refractivity contribution in [2.75, 3.05) is 26.7 Å². The fourth-order valence-electron chi connectivity index (χ4n) is 4.91. The van der Waals surface area contributed by atoms with Gasteiger partial charge in [0, 0.05) is 42.2 Å². The third kappa shape index (κ3) is 5.87. The number of rotatable bonds is 7. The van der Waals surface area contributed by atoms with Gasteiger partial charge in [-0.2, -0.15) is 0 Å². The molecule has 1 saturated heterocycles. The van der Waals surface area contributed by atoms with E-state index in [9.17, 15) is 5.11 Å². The minimum absolute atomic E-state index is 0.156. The van der Waals surface area contributed by atoms with E-state index >= 15 is 0 Å². The Morgan fingerprint density at radius 3 is 2.59 bits per heavy atom. The van der Waals surface area contributed by atoms with E-state index in [0.29, 0.717) is 11.7 Å². The van der Waals surface area contributed by atoms with Crippen molar-refractivity contribution in [3.63, 3.8) is 0 Å². The molecule has 0 radical (unpaired) electrons. The van der Waals surface area contributed by atoms with Crippen LogP contribution in [-0.2, 0) is 0 Å². The van der Waals surface area contributed by atoms with E-state index in [1.807, 2.05) is 30.5 Å². The van der Waals surface area contributed by atoms with Gasteiger partial charge in [0.05, 0.1) is 12.8 Å². The van der Waals surface area contributed by atoms with Gasteiger partial charge in [0.25, 0.3) is 0 Å². The Morgan fingerprint density at radius 1 is 1.03 bits per heavy atom. The Labute approximate surface area is 218 Å². The molecule has 0 amide bonds. The lowest BCUT2D eigenvalue weighted by Gasteiger charge is -2.32. The fourth-order valence-corrected chi connectivity index (χ4v) is 4.91. The summed E-state index contributed by atoms with van der Waals surface area (Å²) in [5, 5.41) is 9.80. The third-order valence-corrected chi connectivity index (χ3v) is 6.94. The second-order valence-electron chi connectivity index (χ2n) is 9.51. The van der Waals surface area contributed by atoms with Crippen molar-refractivity contribution < 1.29 is 9.84 Å². The highest BCUT2D eigenvalue weighted by molar-refractivity contribution is 5.68. The number of methoxy groups -OCH3 is 1. The van der Waals surface area contributed by atoms with Crippen molar-refractivity contribution in [3.8, 4) is 34.0 Å². The van der Waals surface area contributed by atoms with Gasteiger partial charge < -0.3 is 9.84 Å². The second-order valence-corrected chi connectivity index (χ2v) is 9.51. The zero-order valence-electron chi connectivity index (χ0n) is 21.3. The molecule has 3 heterocycles. The summed E-state index contributed by atoms with van der Waals surface area (Å²) < 4.78 is 5.21. The number of piperidine rings is 1. The maximum Gasteiger partial charge on any atom is 0.161 e. The summed E-state index contributed by atoms with van der Waals surface area (Å²) >= 11 is 0. The minimum Gasteiger partial charge on any atom is -0.504 e. The first-order chi connectivity index (χ1) is 18.1. The lowest BCUT2D eigenvalue weighted by molar-refractivity contribution is 0.231. The molecule has 0 atom stereocenters. The molecule has 2 aromatic carbocycles. The molecule has 5 rings (SSSR count). The first-order valence-electron chi connectivity index (χ1n) is 12.7. The standard InChI is InChI=1S/C31H32N4O2/c1-22-5-3-7-26(19-22)27-21-33-31(25-10-14-32-15-11-25)34-30(27)24-12-17-35(18-13-24)16-4-6-23-8-9-28(36)29(20-23)37-2/h3-11,14-15,19-21,24,36H,12-13,16-18H2,1-2H3/b6-4+. The lowest BCUT2D eigenvalue weighted by atomic mass is 9.88. The quantitative estimate of drug-likeness (QED) is 0.335. The maximum absolute atomic E-state index is 9.80. The van der Waals surface area contributed by atoms with Gasteiger partial charge in [0.2, 0.25) is 0 Å². The van der Waals surface area contributed by atoms with Crippen LogP contribution in [0.15, 0.2) is 79.3 Å². The highest BCUT2D eigenvalue weighted by Gasteiger charge is 2.25. The number of benzene rings is 2. The number of aryl methyl sites for hydroxylation is 1. The molecule has 0 aliphatic carbocycles. The van der Waals surface area contributed by atoms with Gasteiger partial charge in [-0.3, -0.25) is 9.88 Å². The highest BCUT2D eigenvalue weighted by atomic mass is 16.5. The highest BCUT2D eigenvalue weighted by Crippen LogP contribution is 2.35. The largest absolute Gasteiger partial charge is 0.504 e. The predicted octanol–water partition coefficient (Wildman–Crippen LogP) is 6.12. The molecule has 4 aromatic rings. The summed E-state index contributed by atoms with van der Waals surface area (Å²) in [6, 6.07) is 17.9. The normalized spacial score (nSPS) is 14.8. The van der Waals surface area contributed by atoms with Gasteiger partial charge in [-0.25, -0.2) is 9.97 Å². The molecule has 0 unspecified atom stereocenters. The summed E-state index contributed by atoms with van der Waals surface area (Å²) in [5.74, 6) is 1.77. The van der Waals surface area contributed by atoms with Crippen LogP contribution >= 0.6 is 0 Å². The van der Waals surface area contributed by atoms with Gasteiger partial charge in [0.15, 0.2) is 17.3 Å². The average Bonchev–Trinajstić information content (AvgIpc) is 2.94. The summed E-state index contributed by atoms with van der Waals surface area (Å²) in [6.07, 6.45) is 11.9. The number of hydrogen-bond donors (Lipinski definition) is 1. The van der Waals surface area contributed by atoms with Crippen LogP contribution in [0.5, 0.6) is 11.5 Å². The molecule has 188 valence electrons. The lowest BCUT2D eigenvalue weighted by Crippen LogP contribution is -2.33. The van der Waals surface area contributed by atoms with Crippen molar-refractivity contribution in [1.82, 2.24) is 19.9 Å². The third-order valence-electron chi connectivity index (χ3n) is 6.94. The summed E-state index contributed by atoms with van der Waals surface area (Å²) in [7, 11) is 1.56. The van der Waals surface area contributed by atoms with Crippen LogP contribution in [-0.4, -0.2) is 51.7 Å². The molecule has 0 saturated carbocycles. The molecule has 1 aliphatic heterocycles. The zero-order chi connectivity index (χ0) is 25.6. The number of pyridine rings is 1. The molecule has 0 spiro atoms. The molecule has 6 heteroatoms. The molecule has 0 bridgehead atoms. The van der Waals surface area contributed by atoms with Crippen LogP contribution in [0.3, 0.4) is 0 Å². The molecule has 1 fully saturated rings. The number of nitrogens with zero attached hydrogens (tertiary/aromatic N) is 4. The van der Waals surface area contributed by atoms with E-state index in [1.165, 1.54) is 11.1 Å². The van der Waals surface area contributed by atoms with Crippen molar-refractivity contribution in [1.29, 1.82) is 0 Å². The molecule has 1 aliphatic rings. The van der Waals surface area contributed by atoms with Crippen LogP contribution in [0, 0.1) is 6.92 Å². The molecular formula is C31H32N4O2. The number of aromatic hydroxyl groups is 1. The number of likely N-dealkylation sites (tertiary alicyclic amines) is 1. The van der Waals surface area contributed by atoms with E-state index in [1.54, 1.807) is 25.6 Å². The van der Waals surface area contributed by atoms with Crippen LogP contribution in [0.25, 0.3) is 28.6 Å². The Hall–Kier alpha value is -4.03. The van der Waals surface area contributed by atoms with Crippen LogP contribution < -0.4 is 4.74 Å². The van der Waals surface area contributed by atoms with Crippen LogP contribution in [0.1, 0.15) is 35.6 Å². The summed E-state index contributed by atoms with van der Waals surface area (Å²) in [5.41, 5.74) is 6.66. The molecule has 37 heavy (non-hydrogen) atoms. The Bertz CT molecular complexity index is 1380. The van der Waals surface area contributed by atoms with E-state index in [2.05, 4.69) is 53.2 Å². The predicted molar refractivity (Wildman–Crippen MR) is 148 cm³/mol. The number of ether oxygens (including phenoxy) is 1. The number of phenolic OH excluding ortho intramolecular Hbond substituents is 1. The Morgan fingerprint density at radius 2 is 1.84 bits per heavy atom. The number of aromatic nitrogens is 3. The number of hydrogen-bond acceptors (Lipinski definition) is 6. The number of phenols is 1.